The highest BCUT2D eigenvalue weighted by Gasteiger charge is 2.64. The number of hydrogen-bond acceptors (Lipinski definition) is 2. The van der Waals surface area contributed by atoms with Gasteiger partial charge >= 0.3 is 0 Å². The molecule has 1 amide bonds. The van der Waals surface area contributed by atoms with Crippen LogP contribution >= 0.6 is 0 Å². The molecule has 2 unspecified atom stereocenters. The molecule has 1 heterocycles. The van der Waals surface area contributed by atoms with Crippen molar-refractivity contribution in [1.82, 2.24) is 5.32 Å². The van der Waals surface area contributed by atoms with E-state index < -0.39 is 0 Å². The molecule has 1 aliphatic heterocycles. The number of amides is 1. The summed E-state index contributed by atoms with van der Waals surface area (Å²) in [5.74, 6) is 0.529. The molecule has 2 rings (SSSR count). The van der Waals surface area contributed by atoms with Crippen molar-refractivity contribution in [3.05, 3.63) is 0 Å². The SMILES string of the molecule is CC12C[C@@H]1C(CO)NC2=O. The topological polar surface area (TPSA) is 49.3 Å². The van der Waals surface area contributed by atoms with E-state index in [0.717, 1.165) is 6.42 Å². The summed E-state index contributed by atoms with van der Waals surface area (Å²) in [6.07, 6.45) is 0.962. The molecule has 2 fully saturated rings. The first-order chi connectivity index (χ1) is 4.68. The Labute approximate surface area is 59.4 Å². The van der Waals surface area contributed by atoms with Gasteiger partial charge in [-0.1, -0.05) is 6.92 Å². The molecule has 1 saturated carbocycles. The van der Waals surface area contributed by atoms with Crippen LogP contribution in [0.3, 0.4) is 0 Å². The third-order valence-corrected chi connectivity index (χ3v) is 2.82. The molecule has 3 nitrogen and oxygen atoms in total. The van der Waals surface area contributed by atoms with Crippen molar-refractivity contribution >= 4 is 5.91 Å². The van der Waals surface area contributed by atoms with Crippen LogP contribution in [0.5, 0.6) is 0 Å². The fourth-order valence-electron chi connectivity index (χ4n) is 1.85. The highest BCUT2D eigenvalue weighted by Crippen LogP contribution is 2.57. The van der Waals surface area contributed by atoms with Gasteiger partial charge in [-0.2, -0.15) is 0 Å². The summed E-state index contributed by atoms with van der Waals surface area (Å²) < 4.78 is 0. The lowest BCUT2D eigenvalue weighted by atomic mass is 10.1. The number of piperidine rings is 1. The second-order valence-corrected chi connectivity index (χ2v) is 3.49. The summed E-state index contributed by atoms with van der Waals surface area (Å²) in [5, 5.41) is 11.5. The van der Waals surface area contributed by atoms with Gasteiger partial charge in [-0.15, -0.1) is 0 Å². The number of aliphatic hydroxyl groups excluding tert-OH is 1. The number of fused-ring (bicyclic) bond motifs is 1. The standard InChI is InChI=1S/C7H11NO2/c1-7-2-4(7)5(3-9)8-6(7)10/h4-5,9H,2-3H2,1H3,(H,8,10)/t4-,5?,7?/m1/s1. The van der Waals surface area contributed by atoms with Gasteiger partial charge in [-0.3, -0.25) is 4.79 Å². The Morgan fingerprint density at radius 3 is 2.80 bits per heavy atom. The van der Waals surface area contributed by atoms with Crippen LogP contribution in [0.15, 0.2) is 0 Å². The summed E-state index contributed by atoms with van der Waals surface area (Å²) in [6, 6.07) is 0.0394. The third kappa shape index (κ3) is 0.515. The van der Waals surface area contributed by atoms with E-state index in [0.29, 0.717) is 5.92 Å². The number of carbonyl (C=O) groups excluding carboxylic acids is 1. The van der Waals surface area contributed by atoms with Crippen LogP contribution in [0.2, 0.25) is 0 Å². The molecule has 0 bridgehead atoms. The molecule has 0 spiro atoms. The van der Waals surface area contributed by atoms with Crippen LogP contribution in [0.1, 0.15) is 13.3 Å². The van der Waals surface area contributed by atoms with Crippen molar-refractivity contribution in [2.45, 2.75) is 19.4 Å². The largest absolute Gasteiger partial charge is 0.394 e. The summed E-state index contributed by atoms with van der Waals surface area (Å²) >= 11 is 0. The molecule has 0 radical (unpaired) electrons. The van der Waals surface area contributed by atoms with Gasteiger partial charge in [0.25, 0.3) is 0 Å². The van der Waals surface area contributed by atoms with Crippen molar-refractivity contribution < 1.29 is 9.90 Å². The fraction of sp³-hybridized carbons (Fsp3) is 0.857. The highest BCUT2D eigenvalue weighted by molar-refractivity contribution is 5.89. The average molecular weight is 141 g/mol. The number of nitrogens with one attached hydrogen (secondary N) is 1. The first-order valence-electron chi connectivity index (χ1n) is 3.60. The molecule has 2 aliphatic rings. The maximum Gasteiger partial charge on any atom is 0.226 e. The number of rotatable bonds is 1. The van der Waals surface area contributed by atoms with Crippen molar-refractivity contribution in [1.29, 1.82) is 0 Å². The summed E-state index contributed by atoms with van der Waals surface area (Å²) in [5.41, 5.74) is -0.118. The third-order valence-electron chi connectivity index (χ3n) is 2.82. The molecule has 2 N–H and O–H groups in total. The highest BCUT2D eigenvalue weighted by atomic mass is 16.3. The van der Waals surface area contributed by atoms with E-state index in [2.05, 4.69) is 5.32 Å². The van der Waals surface area contributed by atoms with Crippen molar-refractivity contribution in [3.63, 3.8) is 0 Å². The predicted octanol–water partition coefficient (Wildman–Crippen LogP) is -0.497. The minimum Gasteiger partial charge on any atom is -0.394 e. The second-order valence-electron chi connectivity index (χ2n) is 3.49. The predicted molar refractivity (Wildman–Crippen MR) is 35.2 cm³/mol. The maximum absolute atomic E-state index is 11.1. The smallest absolute Gasteiger partial charge is 0.226 e. The zero-order valence-electron chi connectivity index (χ0n) is 5.92. The van der Waals surface area contributed by atoms with Gasteiger partial charge in [0.1, 0.15) is 0 Å². The fourth-order valence-corrected chi connectivity index (χ4v) is 1.85. The normalized spacial score (nSPS) is 50.4. The van der Waals surface area contributed by atoms with Crippen molar-refractivity contribution in [3.8, 4) is 0 Å². The maximum atomic E-state index is 11.1. The van der Waals surface area contributed by atoms with E-state index in [1.165, 1.54) is 0 Å². The lowest BCUT2D eigenvalue weighted by Gasteiger charge is -2.07. The molecule has 10 heavy (non-hydrogen) atoms. The van der Waals surface area contributed by atoms with E-state index in [9.17, 15) is 4.79 Å². The molecule has 3 atom stereocenters. The van der Waals surface area contributed by atoms with Gasteiger partial charge < -0.3 is 10.4 Å². The van der Waals surface area contributed by atoms with Crippen LogP contribution in [-0.2, 0) is 4.79 Å². The Morgan fingerprint density at radius 2 is 2.60 bits per heavy atom. The average Bonchev–Trinajstić information content (AvgIpc) is 2.52. The van der Waals surface area contributed by atoms with E-state index in [4.69, 9.17) is 5.11 Å². The van der Waals surface area contributed by atoms with Crippen molar-refractivity contribution in [2.24, 2.45) is 11.3 Å². The van der Waals surface area contributed by atoms with Crippen LogP contribution in [0.4, 0.5) is 0 Å². The lowest BCUT2D eigenvalue weighted by molar-refractivity contribution is -0.124. The van der Waals surface area contributed by atoms with Gasteiger partial charge in [0.15, 0.2) is 0 Å². The molecule has 56 valence electrons. The Hall–Kier alpha value is -0.570. The van der Waals surface area contributed by atoms with E-state index in [-0.39, 0.29) is 24.0 Å². The minimum absolute atomic E-state index is 0.0394. The molecule has 0 aromatic heterocycles. The number of hydrogen-bond donors (Lipinski definition) is 2. The van der Waals surface area contributed by atoms with Crippen LogP contribution < -0.4 is 5.32 Å². The molecule has 0 aromatic carbocycles. The molecule has 0 aromatic rings. The first-order valence-corrected chi connectivity index (χ1v) is 3.60. The van der Waals surface area contributed by atoms with Gasteiger partial charge in [-0.25, -0.2) is 0 Å². The Morgan fingerprint density at radius 1 is 1.90 bits per heavy atom. The monoisotopic (exact) mass is 141 g/mol. The number of carbonyl (C=O) groups is 1. The Balaban J connectivity index is 2.17. The minimum atomic E-state index is -0.118. The Kier molecular flexibility index (Phi) is 0.944. The first kappa shape index (κ1) is 6.16. The summed E-state index contributed by atoms with van der Waals surface area (Å²) in [6.45, 7) is 2.05. The van der Waals surface area contributed by atoms with Gasteiger partial charge in [0.05, 0.1) is 18.1 Å². The van der Waals surface area contributed by atoms with Crippen LogP contribution in [0, 0.1) is 11.3 Å². The molecular formula is C7H11NO2. The van der Waals surface area contributed by atoms with Gasteiger partial charge in [-0.05, 0) is 12.3 Å². The van der Waals surface area contributed by atoms with E-state index in [1.807, 2.05) is 6.92 Å². The second kappa shape index (κ2) is 1.53. The van der Waals surface area contributed by atoms with Crippen molar-refractivity contribution in [2.75, 3.05) is 6.61 Å². The van der Waals surface area contributed by atoms with Crippen LogP contribution in [0.25, 0.3) is 0 Å². The zero-order valence-corrected chi connectivity index (χ0v) is 5.92. The van der Waals surface area contributed by atoms with Gasteiger partial charge in [0, 0.05) is 0 Å². The molecular weight excluding hydrogens is 130 g/mol. The Bertz CT molecular complexity index is 192. The molecule has 3 heteroatoms. The van der Waals surface area contributed by atoms with E-state index in [1.54, 1.807) is 0 Å². The van der Waals surface area contributed by atoms with Gasteiger partial charge in [0.2, 0.25) is 5.91 Å². The van der Waals surface area contributed by atoms with Crippen LogP contribution in [-0.4, -0.2) is 23.7 Å². The summed E-state index contributed by atoms with van der Waals surface area (Å²) in [7, 11) is 0. The molecule has 1 saturated heterocycles. The summed E-state index contributed by atoms with van der Waals surface area (Å²) in [4.78, 5) is 11.1. The number of aliphatic hydroxyl groups is 1. The zero-order chi connectivity index (χ0) is 7.35. The lowest BCUT2D eigenvalue weighted by Crippen LogP contribution is -2.33. The van der Waals surface area contributed by atoms with E-state index >= 15 is 0 Å². The molecule has 1 aliphatic carbocycles. The quantitative estimate of drug-likeness (QED) is 0.517.